The van der Waals surface area contributed by atoms with Crippen LogP contribution in [0.2, 0.25) is 0 Å². The molecule has 0 aromatic heterocycles. The maximum absolute atomic E-state index is 4.67. The highest BCUT2D eigenvalue weighted by Gasteiger charge is 2.21. The summed E-state index contributed by atoms with van der Waals surface area (Å²) in [6, 6.07) is 0. The van der Waals surface area contributed by atoms with Crippen LogP contribution in [-0.4, -0.2) is 30.2 Å². The van der Waals surface area contributed by atoms with Crippen LogP contribution in [0.25, 0.3) is 0 Å². The van der Waals surface area contributed by atoms with Crippen molar-refractivity contribution in [2.45, 2.75) is 59.8 Å². The summed E-state index contributed by atoms with van der Waals surface area (Å²) in [5, 5.41) is 0. The van der Waals surface area contributed by atoms with Gasteiger partial charge in [0.25, 0.3) is 0 Å². The lowest BCUT2D eigenvalue weighted by Crippen LogP contribution is -2.23. The molecule has 2 heteroatoms. The first kappa shape index (κ1) is 14.3. The Morgan fingerprint density at radius 1 is 1.18 bits per heavy atom. The van der Waals surface area contributed by atoms with Gasteiger partial charge in [-0.15, -0.1) is 0 Å². The number of aliphatic imine (C=N–C) groups is 1. The highest BCUT2D eigenvalue weighted by Crippen LogP contribution is 2.34. The van der Waals surface area contributed by atoms with Crippen LogP contribution < -0.4 is 0 Å². The molecule has 0 spiro atoms. The zero-order valence-electron chi connectivity index (χ0n) is 12.1. The van der Waals surface area contributed by atoms with Gasteiger partial charge in [-0.25, -0.2) is 0 Å². The Labute approximate surface area is 107 Å². The van der Waals surface area contributed by atoms with Gasteiger partial charge in [0.15, 0.2) is 0 Å². The van der Waals surface area contributed by atoms with Crippen LogP contribution >= 0.6 is 0 Å². The third kappa shape index (κ3) is 4.93. The molecule has 0 amide bonds. The van der Waals surface area contributed by atoms with Crippen LogP contribution in [0.1, 0.15) is 59.8 Å². The first-order valence-corrected chi connectivity index (χ1v) is 7.18. The third-order valence-corrected chi connectivity index (χ3v) is 3.37. The molecule has 0 unspecified atom stereocenters. The molecular formula is C15H28N2. The van der Waals surface area contributed by atoms with Gasteiger partial charge in [0.1, 0.15) is 0 Å². The van der Waals surface area contributed by atoms with Crippen molar-refractivity contribution in [3.63, 3.8) is 0 Å². The molecule has 0 aromatic rings. The second kappa shape index (κ2) is 7.52. The predicted molar refractivity (Wildman–Crippen MR) is 76.7 cm³/mol. The monoisotopic (exact) mass is 236 g/mol. The minimum atomic E-state index is 1.00. The van der Waals surface area contributed by atoms with Crippen molar-refractivity contribution in [2.24, 2.45) is 4.99 Å². The first-order valence-electron chi connectivity index (χ1n) is 7.18. The number of unbranched alkanes of at least 4 members (excludes halogenated alkanes) is 1. The topological polar surface area (TPSA) is 15.6 Å². The third-order valence-electron chi connectivity index (χ3n) is 3.37. The van der Waals surface area contributed by atoms with Crippen molar-refractivity contribution in [3.8, 4) is 0 Å². The Morgan fingerprint density at radius 3 is 2.29 bits per heavy atom. The molecule has 1 aliphatic carbocycles. The molecule has 1 fully saturated rings. The Hall–Kier alpha value is -0.790. The lowest BCUT2D eigenvalue weighted by Gasteiger charge is -2.24. The Bertz CT molecular complexity index is 279. The van der Waals surface area contributed by atoms with Crippen molar-refractivity contribution >= 4 is 5.71 Å². The SMILES string of the molecule is CCCCN=C(C)CC(=C1CC1)N(CC)CC. The molecule has 0 heterocycles. The molecule has 17 heavy (non-hydrogen) atoms. The molecule has 98 valence electrons. The van der Waals surface area contributed by atoms with E-state index < -0.39 is 0 Å². The van der Waals surface area contributed by atoms with Gasteiger partial charge >= 0.3 is 0 Å². The number of allylic oxidation sites excluding steroid dienone is 2. The Kier molecular flexibility index (Phi) is 6.31. The number of hydrogen-bond donors (Lipinski definition) is 0. The second-order valence-corrected chi connectivity index (χ2v) is 4.87. The van der Waals surface area contributed by atoms with Gasteiger partial charge in [-0.1, -0.05) is 18.9 Å². The van der Waals surface area contributed by atoms with E-state index in [0.29, 0.717) is 0 Å². The van der Waals surface area contributed by atoms with Crippen molar-refractivity contribution in [3.05, 3.63) is 11.3 Å². The molecular weight excluding hydrogens is 208 g/mol. The largest absolute Gasteiger partial charge is 0.375 e. The maximum atomic E-state index is 4.67. The van der Waals surface area contributed by atoms with Gasteiger partial charge in [-0.2, -0.15) is 0 Å². The average Bonchev–Trinajstić information content (AvgIpc) is 3.13. The van der Waals surface area contributed by atoms with E-state index in [-0.39, 0.29) is 0 Å². The van der Waals surface area contributed by atoms with Gasteiger partial charge in [0.05, 0.1) is 0 Å². The Morgan fingerprint density at radius 2 is 1.82 bits per heavy atom. The number of hydrogen-bond acceptors (Lipinski definition) is 2. The zero-order chi connectivity index (χ0) is 12.7. The zero-order valence-corrected chi connectivity index (χ0v) is 12.1. The lowest BCUT2D eigenvalue weighted by molar-refractivity contribution is 0.376. The minimum Gasteiger partial charge on any atom is -0.375 e. The fourth-order valence-electron chi connectivity index (χ4n) is 2.14. The van der Waals surface area contributed by atoms with Crippen molar-refractivity contribution in [1.82, 2.24) is 4.90 Å². The normalized spacial score (nSPS) is 15.1. The molecule has 2 nitrogen and oxygen atoms in total. The summed E-state index contributed by atoms with van der Waals surface area (Å²) >= 11 is 0. The van der Waals surface area contributed by atoms with Gasteiger partial charge in [-0.3, -0.25) is 4.99 Å². The summed E-state index contributed by atoms with van der Waals surface area (Å²) in [6.45, 7) is 12.1. The molecule has 0 aromatic carbocycles. The molecule has 1 aliphatic rings. The molecule has 0 bridgehead atoms. The summed E-state index contributed by atoms with van der Waals surface area (Å²) in [5.74, 6) is 0. The van der Waals surface area contributed by atoms with Crippen LogP contribution in [0.15, 0.2) is 16.3 Å². The van der Waals surface area contributed by atoms with Crippen LogP contribution in [-0.2, 0) is 0 Å². The van der Waals surface area contributed by atoms with Gasteiger partial charge in [0.2, 0.25) is 0 Å². The molecule has 0 aliphatic heterocycles. The van der Waals surface area contributed by atoms with Crippen LogP contribution in [0, 0.1) is 0 Å². The van der Waals surface area contributed by atoms with E-state index in [1.54, 1.807) is 11.3 Å². The van der Waals surface area contributed by atoms with Crippen molar-refractivity contribution in [2.75, 3.05) is 19.6 Å². The quantitative estimate of drug-likeness (QED) is 0.459. The van der Waals surface area contributed by atoms with E-state index in [4.69, 9.17) is 0 Å². The highest BCUT2D eigenvalue weighted by atomic mass is 15.1. The van der Waals surface area contributed by atoms with Crippen LogP contribution in [0.4, 0.5) is 0 Å². The summed E-state index contributed by atoms with van der Waals surface area (Å²) < 4.78 is 0. The Balaban J connectivity index is 2.56. The molecule has 0 saturated heterocycles. The maximum Gasteiger partial charge on any atom is 0.0388 e. The lowest BCUT2D eigenvalue weighted by atomic mass is 10.1. The van der Waals surface area contributed by atoms with E-state index in [1.165, 1.54) is 31.4 Å². The molecule has 1 saturated carbocycles. The van der Waals surface area contributed by atoms with Gasteiger partial charge < -0.3 is 4.90 Å². The standard InChI is InChI=1S/C15H28N2/c1-5-8-11-16-13(4)12-15(14-9-10-14)17(6-2)7-3/h5-12H2,1-4H3. The van der Waals surface area contributed by atoms with Crippen LogP contribution in [0.5, 0.6) is 0 Å². The van der Waals surface area contributed by atoms with Crippen LogP contribution in [0.3, 0.4) is 0 Å². The van der Waals surface area contributed by atoms with E-state index in [1.807, 2.05) is 0 Å². The first-order chi connectivity index (χ1) is 8.22. The molecule has 0 radical (unpaired) electrons. The molecule has 1 rings (SSSR count). The van der Waals surface area contributed by atoms with Gasteiger partial charge in [0, 0.05) is 37.5 Å². The molecule has 0 N–H and O–H groups in total. The van der Waals surface area contributed by atoms with E-state index in [2.05, 4.69) is 37.6 Å². The smallest absolute Gasteiger partial charge is 0.0388 e. The summed E-state index contributed by atoms with van der Waals surface area (Å²) in [4.78, 5) is 7.17. The predicted octanol–water partition coefficient (Wildman–Crippen LogP) is 4.03. The minimum absolute atomic E-state index is 1.00. The average molecular weight is 236 g/mol. The summed E-state index contributed by atoms with van der Waals surface area (Å²) in [6.07, 6.45) is 6.15. The summed E-state index contributed by atoms with van der Waals surface area (Å²) in [7, 11) is 0. The van der Waals surface area contributed by atoms with Crippen molar-refractivity contribution in [1.29, 1.82) is 0 Å². The molecule has 0 atom stereocenters. The summed E-state index contributed by atoms with van der Waals surface area (Å²) in [5.41, 5.74) is 4.53. The van der Waals surface area contributed by atoms with E-state index in [9.17, 15) is 0 Å². The van der Waals surface area contributed by atoms with E-state index in [0.717, 1.165) is 26.1 Å². The fraction of sp³-hybridized carbons (Fsp3) is 0.800. The highest BCUT2D eigenvalue weighted by molar-refractivity contribution is 5.84. The van der Waals surface area contributed by atoms with Gasteiger partial charge in [-0.05, 0) is 40.0 Å². The van der Waals surface area contributed by atoms with Crippen molar-refractivity contribution < 1.29 is 0 Å². The number of rotatable bonds is 8. The van der Waals surface area contributed by atoms with E-state index >= 15 is 0 Å². The fourth-order valence-corrected chi connectivity index (χ4v) is 2.14. The number of nitrogens with zero attached hydrogens (tertiary/aromatic N) is 2. The second-order valence-electron chi connectivity index (χ2n) is 4.87.